The van der Waals surface area contributed by atoms with Crippen LogP contribution in [0.1, 0.15) is 32.6 Å². The molecule has 0 aromatic heterocycles. The van der Waals surface area contributed by atoms with E-state index < -0.39 is 0 Å². The Morgan fingerprint density at radius 3 is 2.82 bits per heavy atom. The van der Waals surface area contributed by atoms with Gasteiger partial charge in [-0.3, -0.25) is 0 Å². The van der Waals surface area contributed by atoms with Crippen LogP contribution in [-0.4, -0.2) is 41.6 Å². The van der Waals surface area contributed by atoms with Crippen LogP contribution in [0.5, 0.6) is 0 Å². The monoisotopic (exact) mass is 276 g/mol. The Morgan fingerprint density at radius 2 is 2.18 bits per heavy atom. The Kier molecular flexibility index (Phi) is 7.19. The number of nitrogens with one attached hydrogen (secondary N) is 2. The van der Waals surface area contributed by atoms with Crippen molar-refractivity contribution in [3.8, 4) is 0 Å². The van der Waals surface area contributed by atoms with E-state index in [9.17, 15) is 4.79 Å². The number of thioether (sulfide) groups is 2. The maximum atomic E-state index is 11.8. The first-order valence-electron chi connectivity index (χ1n) is 6.26. The Labute approximate surface area is 113 Å². The van der Waals surface area contributed by atoms with Gasteiger partial charge in [-0.05, 0) is 44.5 Å². The molecule has 2 N–H and O–H groups in total. The quantitative estimate of drug-likeness (QED) is 0.784. The van der Waals surface area contributed by atoms with Crippen molar-refractivity contribution in [2.24, 2.45) is 0 Å². The van der Waals surface area contributed by atoms with Gasteiger partial charge in [0, 0.05) is 17.3 Å². The van der Waals surface area contributed by atoms with E-state index in [1.165, 1.54) is 12.8 Å². The van der Waals surface area contributed by atoms with Crippen molar-refractivity contribution in [1.29, 1.82) is 0 Å². The minimum Gasteiger partial charge on any atom is -0.336 e. The summed E-state index contributed by atoms with van der Waals surface area (Å²) < 4.78 is 0. The summed E-state index contributed by atoms with van der Waals surface area (Å²) >= 11 is 3.69. The predicted octanol–water partition coefficient (Wildman–Crippen LogP) is 2.71. The third-order valence-corrected chi connectivity index (χ3v) is 5.02. The summed E-state index contributed by atoms with van der Waals surface area (Å²) in [6.07, 6.45) is 8.84. The van der Waals surface area contributed by atoms with E-state index in [1.807, 2.05) is 23.5 Å². The lowest BCUT2D eigenvalue weighted by molar-refractivity contribution is 0.234. The Hall–Kier alpha value is -0.0300. The van der Waals surface area contributed by atoms with Gasteiger partial charge in [0.15, 0.2) is 0 Å². The molecule has 3 atom stereocenters. The van der Waals surface area contributed by atoms with Crippen molar-refractivity contribution >= 4 is 29.6 Å². The largest absolute Gasteiger partial charge is 0.336 e. The van der Waals surface area contributed by atoms with Gasteiger partial charge < -0.3 is 10.6 Å². The zero-order chi connectivity index (χ0) is 12.7. The molecule has 1 fully saturated rings. The minimum atomic E-state index is 0.00422. The number of urea groups is 1. The van der Waals surface area contributed by atoms with Crippen molar-refractivity contribution in [1.82, 2.24) is 10.6 Å². The molecule has 0 heterocycles. The molecule has 0 spiro atoms. The lowest BCUT2D eigenvalue weighted by Gasteiger charge is -2.21. The second-order valence-electron chi connectivity index (χ2n) is 4.61. The highest BCUT2D eigenvalue weighted by atomic mass is 32.2. The molecule has 0 aromatic carbocycles. The van der Waals surface area contributed by atoms with Gasteiger partial charge in [0.1, 0.15) is 0 Å². The first-order valence-corrected chi connectivity index (χ1v) is 8.94. The first-order chi connectivity index (χ1) is 8.17. The Morgan fingerprint density at radius 1 is 1.41 bits per heavy atom. The molecular weight excluding hydrogens is 252 g/mol. The molecule has 1 rings (SSSR count). The number of carbonyl (C=O) groups excluding carboxylic acids is 1. The molecule has 0 unspecified atom stereocenters. The van der Waals surface area contributed by atoms with Crippen LogP contribution in [-0.2, 0) is 0 Å². The summed E-state index contributed by atoms with van der Waals surface area (Å²) in [6.45, 7) is 2.07. The molecular formula is C12H24N2OS2. The van der Waals surface area contributed by atoms with Crippen LogP contribution in [0.15, 0.2) is 0 Å². The summed E-state index contributed by atoms with van der Waals surface area (Å²) in [5.41, 5.74) is 0. The zero-order valence-corrected chi connectivity index (χ0v) is 12.6. The molecule has 1 aliphatic carbocycles. The van der Waals surface area contributed by atoms with Crippen molar-refractivity contribution in [3.05, 3.63) is 0 Å². The van der Waals surface area contributed by atoms with E-state index in [-0.39, 0.29) is 12.1 Å². The normalized spacial score (nSPS) is 25.6. The van der Waals surface area contributed by atoms with Gasteiger partial charge in [0.25, 0.3) is 0 Å². The van der Waals surface area contributed by atoms with Crippen LogP contribution in [0.4, 0.5) is 4.79 Å². The van der Waals surface area contributed by atoms with Gasteiger partial charge in [-0.2, -0.15) is 23.5 Å². The molecule has 0 radical (unpaired) electrons. The molecule has 100 valence electrons. The molecule has 1 saturated carbocycles. The standard InChI is InChI=1S/C12H24N2OS2/c1-9(7-8-16-2)13-12(15)14-10-5-4-6-11(10)17-3/h9-11H,4-8H2,1-3H3,(H2,13,14,15)/t9-,10+,11+/m0/s1. The molecule has 0 saturated heterocycles. The van der Waals surface area contributed by atoms with Crippen LogP contribution in [0.25, 0.3) is 0 Å². The fourth-order valence-corrected chi connectivity index (χ4v) is 3.70. The van der Waals surface area contributed by atoms with Gasteiger partial charge in [-0.25, -0.2) is 4.79 Å². The van der Waals surface area contributed by atoms with Crippen LogP contribution >= 0.6 is 23.5 Å². The van der Waals surface area contributed by atoms with Gasteiger partial charge >= 0.3 is 6.03 Å². The van der Waals surface area contributed by atoms with Gasteiger partial charge in [0.2, 0.25) is 0 Å². The van der Waals surface area contributed by atoms with E-state index in [4.69, 9.17) is 0 Å². The fourth-order valence-electron chi connectivity index (χ4n) is 2.17. The van der Waals surface area contributed by atoms with E-state index >= 15 is 0 Å². The maximum Gasteiger partial charge on any atom is 0.315 e. The highest BCUT2D eigenvalue weighted by molar-refractivity contribution is 7.99. The van der Waals surface area contributed by atoms with Gasteiger partial charge in [0.05, 0.1) is 0 Å². The molecule has 1 aliphatic rings. The molecule has 3 nitrogen and oxygen atoms in total. The molecule has 5 heteroatoms. The Balaban J connectivity index is 2.24. The number of hydrogen-bond acceptors (Lipinski definition) is 3. The third kappa shape index (κ3) is 5.42. The van der Waals surface area contributed by atoms with E-state index in [0.29, 0.717) is 11.3 Å². The second-order valence-corrected chi connectivity index (χ2v) is 6.67. The highest BCUT2D eigenvalue weighted by Crippen LogP contribution is 2.28. The molecule has 0 bridgehead atoms. The number of carbonyl (C=O) groups is 1. The smallest absolute Gasteiger partial charge is 0.315 e. The molecule has 17 heavy (non-hydrogen) atoms. The van der Waals surface area contributed by atoms with E-state index in [0.717, 1.165) is 18.6 Å². The summed E-state index contributed by atoms with van der Waals surface area (Å²) in [5.74, 6) is 1.10. The second kappa shape index (κ2) is 8.14. The van der Waals surface area contributed by atoms with Gasteiger partial charge in [-0.15, -0.1) is 0 Å². The summed E-state index contributed by atoms with van der Waals surface area (Å²) in [4.78, 5) is 11.8. The number of amides is 2. The number of rotatable bonds is 6. The van der Waals surface area contributed by atoms with Gasteiger partial charge in [-0.1, -0.05) is 6.42 Å². The fraction of sp³-hybridized carbons (Fsp3) is 0.917. The average molecular weight is 276 g/mol. The average Bonchev–Trinajstić information content (AvgIpc) is 2.73. The lowest BCUT2D eigenvalue weighted by Crippen LogP contribution is -2.47. The van der Waals surface area contributed by atoms with Crippen LogP contribution in [0.3, 0.4) is 0 Å². The maximum absolute atomic E-state index is 11.8. The molecule has 0 aromatic rings. The lowest BCUT2D eigenvalue weighted by atomic mass is 10.2. The zero-order valence-electron chi connectivity index (χ0n) is 11.0. The van der Waals surface area contributed by atoms with Crippen molar-refractivity contribution in [3.63, 3.8) is 0 Å². The predicted molar refractivity (Wildman–Crippen MR) is 79.1 cm³/mol. The summed E-state index contributed by atoms with van der Waals surface area (Å²) in [5, 5.41) is 6.72. The molecule has 0 aliphatic heterocycles. The third-order valence-electron chi connectivity index (χ3n) is 3.20. The summed E-state index contributed by atoms with van der Waals surface area (Å²) in [6, 6.07) is 0.624. The van der Waals surface area contributed by atoms with Crippen LogP contribution < -0.4 is 10.6 Å². The number of hydrogen-bond donors (Lipinski definition) is 2. The van der Waals surface area contributed by atoms with Crippen molar-refractivity contribution in [2.75, 3.05) is 18.3 Å². The van der Waals surface area contributed by atoms with E-state index in [1.54, 1.807) is 0 Å². The van der Waals surface area contributed by atoms with Crippen molar-refractivity contribution < 1.29 is 4.79 Å². The first kappa shape index (κ1) is 15.0. The Bertz CT molecular complexity index is 239. The highest BCUT2D eigenvalue weighted by Gasteiger charge is 2.27. The van der Waals surface area contributed by atoms with Crippen LogP contribution in [0, 0.1) is 0 Å². The van der Waals surface area contributed by atoms with Crippen LogP contribution in [0.2, 0.25) is 0 Å². The molecule has 2 amide bonds. The summed E-state index contributed by atoms with van der Waals surface area (Å²) in [7, 11) is 0. The minimum absolute atomic E-state index is 0.00422. The van der Waals surface area contributed by atoms with Crippen molar-refractivity contribution in [2.45, 2.75) is 49.9 Å². The SMILES string of the molecule is CSCC[C@H](C)NC(=O)N[C@@H]1CCC[C@H]1SC. The topological polar surface area (TPSA) is 41.1 Å². The van der Waals surface area contributed by atoms with E-state index in [2.05, 4.69) is 30.1 Å².